The maximum absolute atomic E-state index is 11.4. The minimum Gasteiger partial charge on any atom is -0.473 e. The van der Waals surface area contributed by atoms with E-state index in [4.69, 9.17) is 39.5 Å². The Labute approximate surface area is 109 Å². The van der Waals surface area contributed by atoms with Crippen LogP contribution in [-0.2, 0) is 14.3 Å². The molecule has 16 heavy (non-hydrogen) atoms. The molecule has 1 rings (SSSR count). The van der Waals surface area contributed by atoms with Crippen LogP contribution in [0.5, 0.6) is 0 Å². The number of alkyl halides is 3. The van der Waals surface area contributed by atoms with Gasteiger partial charge in [0.15, 0.2) is 0 Å². The molecule has 1 heterocycles. The summed E-state index contributed by atoms with van der Waals surface area (Å²) >= 11 is 16.9. The summed E-state index contributed by atoms with van der Waals surface area (Å²) in [5, 5.41) is 0. The van der Waals surface area contributed by atoms with Gasteiger partial charge in [-0.3, -0.25) is 4.79 Å². The highest BCUT2D eigenvalue weighted by atomic mass is 35.6. The summed E-state index contributed by atoms with van der Waals surface area (Å²) in [6.45, 7) is 3.46. The van der Waals surface area contributed by atoms with Crippen molar-refractivity contribution in [3.8, 4) is 0 Å². The fraction of sp³-hybridized carbons (Fsp3) is 0.778. The van der Waals surface area contributed by atoms with Gasteiger partial charge in [-0.1, -0.05) is 34.8 Å². The zero-order valence-electron chi connectivity index (χ0n) is 9.04. The van der Waals surface area contributed by atoms with Crippen molar-refractivity contribution in [1.82, 2.24) is 0 Å². The molecule has 7 heteroatoms. The van der Waals surface area contributed by atoms with Crippen LogP contribution in [0.4, 0.5) is 0 Å². The number of esters is 1. The maximum atomic E-state index is 11.4. The Morgan fingerprint density at radius 2 is 2.12 bits per heavy atom. The zero-order chi connectivity index (χ0) is 12.5. The van der Waals surface area contributed by atoms with Crippen molar-refractivity contribution in [1.29, 1.82) is 0 Å². The predicted octanol–water partition coefficient (Wildman–Crippen LogP) is 2.35. The van der Waals surface area contributed by atoms with E-state index in [1.807, 2.05) is 0 Å². The van der Waals surface area contributed by atoms with Crippen molar-refractivity contribution < 1.29 is 14.3 Å². The lowest BCUT2D eigenvalue weighted by Crippen LogP contribution is -2.32. The summed E-state index contributed by atoms with van der Waals surface area (Å²) in [4.78, 5) is 15.5. The molecule has 92 valence electrons. The molecule has 0 bridgehead atoms. The van der Waals surface area contributed by atoms with Crippen molar-refractivity contribution in [2.75, 3.05) is 7.11 Å². The summed E-state index contributed by atoms with van der Waals surface area (Å²) in [6, 6.07) is -0.391. The molecule has 0 N–H and O–H groups in total. The van der Waals surface area contributed by atoms with Gasteiger partial charge in [-0.15, -0.1) is 0 Å². The molecular formula is C9H12Cl3NO3. The molecule has 0 radical (unpaired) electrons. The van der Waals surface area contributed by atoms with Gasteiger partial charge >= 0.3 is 5.97 Å². The van der Waals surface area contributed by atoms with Gasteiger partial charge in [-0.2, -0.15) is 0 Å². The van der Waals surface area contributed by atoms with Crippen LogP contribution in [0.15, 0.2) is 4.99 Å². The highest BCUT2D eigenvalue weighted by Gasteiger charge is 2.42. The van der Waals surface area contributed by atoms with Gasteiger partial charge in [0, 0.05) is 0 Å². The van der Waals surface area contributed by atoms with E-state index in [1.54, 1.807) is 13.8 Å². The minimum absolute atomic E-state index is 0.0192. The van der Waals surface area contributed by atoms with Crippen LogP contribution in [0.1, 0.15) is 13.8 Å². The molecule has 0 aromatic rings. The molecule has 0 saturated heterocycles. The van der Waals surface area contributed by atoms with E-state index in [0.717, 1.165) is 0 Å². The second-order valence-corrected chi connectivity index (χ2v) is 5.84. The molecule has 0 aliphatic carbocycles. The lowest BCUT2D eigenvalue weighted by Gasteiger charge is -2.17. The van der Waals surface area contributed by atoms with Crippen molar-refractivity contribution >= 4 is 46.7 Å². The maximum Gasteiger partial charge on any atom is 0.310 e. The van der Waals surface area contributed by atoms with Crippen LogP contribution < -0.4 is 0 Å². The van der Waals surface area contributed by atoms with Gasteiger partial charge in [0.2, 0.25) is 5.90 Å². The van der Waals surface area contributed by atoms with Crippen molar-refractivity contribution in [2.45, 2.75) is 29.8 Å². The summed E-state index contributed by atoms with van der Waals surface area (Å²) in [6.07, 6.45) is -0.320. The first-order chi connectivity index (χ1) is 7.27. The number of methoxy groups -OCH3 is 1. The number of carbonyl (C=O) groups is 1. The van der Waals surface area contributed by atoms with Crippen LogP contribution in [0.3, 0.4) is 0 Å². The lowest BCUT2D eigenvalue weighted by molar-refractivity contribution is -0.146. The van der Waals surface area contributed by atoms with Crippen LogP contribution in [0.25, 0.3) is 0 Å². The Bertz CT molecular complexity index is 314. The lowest BCUT2D eigenvalue weighted by atomic mass is 9.99. The van der Waals surface area contributed by atoms with Crippen molar-refractivity contribution in [3.05, 3.63) is 0 Å². The third kappa shape index (κ3) is 2.93. The third-order valence-corrected chi connectivity index (χ3v) is 2.86. The van der Waals surface area contributed by atoms with Crippen LogP contribution in [-0.4, -0.2) is 34.9 Å². The molecular weight excluding hydrogens is 276 g/mol. The smallest absolute Gasteiger partial charge is 0.310 e. The quantitative estimate of drug-likeness (QED) is 0.579. The van der Waals surface area contributed by atoms with Crippen LogP contribution >= 0.6 is 34.8 Å². The molecule has 0 aromatic carbocycles. The zero-order valence-corrected chi connectivity index (χ0v) is 11.3. The molecule has 0 spiro atoms. The molecule has 4 nitrogen and oxygen atoms in total. The van der Waals surface area contributed by atoms with Gasteiger partial charge in [-0.25, -0.2) is 4.99 Å². The average Bonchev–Trinajstić information content (AvgIpc) is 2.57. The Morgan fingerprint density at radius 3 is 2.50 bits per heavy atom. The monoisotopic (exact) mass is 287 g/mol. The number of carbonyl (C=O) groups excluding carboxylic acids is 1. The van der Waals surface area contributed by atoms with Gasteiger partial charge in [0.25, 0.3) is 3.79 Å². The molecule has 1 aliphatic heterocycles. The van der Waals surface area contributed by atoms with E-state index < -0.39 is 15.8 Å². The second-order valence-electron chi connectivity index (χ2n) is 3.56. The summed E-state index contributed by atoms with van der Waals surface area (Å²) in [5.41, 5.74) is 0. The van der Waals surface area contributed by atoms with E-state index in [9.17, 15) is 4.79 Å². The molecule has 3 atom stereocenters. The number of aliphatic imine (C=N–C) groups is 1. The van der Waals surface area contributed by atoms with E-state index in [1.165, 1.54) is 7.11 Å². The van der Waals surface area contributed by atoms with Crippen molar-refractivity contribution in [2.24, 2.45) is 10.9 Å². The van der Waals surface area contributed by atoms with Crippen molar-refractivity contribution in [3.63, 3.8) is 0 Å². The van der Waals surface area contributed by atoms with E-state index in [0.29, 0.717) is 0 Å². The normalized spacial score (nSPS) is 27.0. The third-order valence-electron chi connectivity index (χ3n) is 2.37. The van der Waals surface area contributed by atoms with Crippen LogP contribution in [0, 0.1) is 5.92 Å². The fourth-order valence-corrected chi connectivity index (χ4v) is 1.78. The Morgan fingerprint density at radius 1 is 1.56 bits per heavy atom. The van der Waals surface area contributed by atoms with Gasteiger partial charge in [0.05, 0.1) is 13.0 Å². The number of ether oxygens (including phenoxy) is 2. The fourth-order valence-electron chi connectivity index (χ4n) is 1.50. The van der Waals surface area contributed by atoms with E-state index in [2.05, 4.69) is 9.73 Å². The Hall–Kier alpha value is -0.190. The molecule has 0 saturated carbocycles. The predicted molar refractivity (Wildman–Crippen MR) is 63.2 cm³/mol. The number of halogens is 3. The number of hydrogen-bond acceptors (Lipinski definition) is 4. The molecule has 1 aliphatic rings. The number of rotatable bonds is 2. The SMILES string of the molecule is COC(=O)C(C)C1N=C(C(Cl)(Cl)Cl)O[C@H]1C. The Kier molecular flexibility index (Phi) is 4.32. The van der Waals surface area contributed by atoms with Crippen LogP contribution in [0.2, 0.25) is 0 Å². The first-order valence-corrected chi connectivity index (χ1v) is 5.80. The second kappa shape index (κ2) is 4.98. The molecule has 0 amide bonds. The standard InChI is InChI=1S/C9H12Cl3NO3/c1-4(7(14)15-3)6-5(2)16-8(13-6)9(10,11)12/h4-6H,1-3H3/t4?,5-,6?/m0/s1. The number of hydrogen-bond donors (Lipinski definition) is 0. The first-order valence-electron chi connectivity index (χ1n) is 4.67. The summed E-state index contributed by atoms with van der Waals surface area (Å²) in [5.74, 6) is -0.787. The summed E-state index contributed by atoms with van der Waals surface area (Å²) in [7, 11) is 1.32. The Balaban J connectivity index is 2.83. The highest BCUT2D eigenvalue weighted by Crippen LogP contribution is 2.34. The molecule has 0 fully saturated rings. The van der Waals surface area contributed by atoms with E-state index >= 15 is 0 Å². The van der Waals surface area contributed by atoms with Gasteiger partial charge in [-0.05, 0) is 13.8 Å². The topological polar surface area (TPSA) is 47.9 Å². The summed E-state index contributed by atoms with van der Waals surface area (Å²) < 4.78 is 8.24. The van der Waals surface area contributed by atoms with E-state index in [-0.39, 0.29) is 18.0 Å². The first kappa shape index (κ1) is 13.9. The largest absolute Gasteiger partial charge is 0.473 e. The molecule has 2 unspecified atom stereocenters. The molecule has 0 aromatic heterocycles. The highest BCUT2D eigenvalue weighted by molar-refractivity contribution is 6.76. The minimum atomic E-state index is -1.70. The van der Waals surface area contributed by atoms with Gasteiger partial charge < -0.3 is 9.47 Å². The van der Waals surface area contributed by atoms with Gasteiger partial charge in [0.1, 0.15) is 12.1 Å². The number of nitrogens with zero attached hydrogens (tertiary/aromatic N) is 1. The average molecular weight is 289 g/mol.